The maximum absolute atomic E-state index is 13.2. The van der Waals surface area contributed by atoms with E-state index in [4.69, 9.17) is 23.4 Å². The molecule has 2 saturated heterocycles. The minimum Gasteiger partial charge on any atom is -0.508 e. The maximum Gasteiger partial charge on any atom is 0.303 e. The van der Waals surface area contributed by atoms with E-state index in [1.165, 1.54) is 31.2 Å². The molecule has 10 atom stereocenters. The average Bonchev–Trinajstić information content (AvgIpc) is 2.97. The molecule has 2 aliphatic rings. The van der Waals surface area contributed by atoms with Crippen LogP contribution in [-0.4, -0.2) is 109 Å². The summed E-state index contributed by atoms with van der Waals surface area (Å²) in [7, 11) is 0. The number of aromatic hydroxyl groups is 3. The van der Waals surface area contributed by atoms with Crippen LogP contribution in [0, 0.1) is 0 Å². The van der Waals surface area contributed by atoms with Crippen LogP contribution in [0.2, 0.25) is 0 Å². The van der Waals surface area contributed by atoms with E-state index < -0.39 is 90.7 Å². The third-order valence-corrected chi connectivity index (χ3v) is 7.68. The van der Waals surface area contributed by atoms with E-state index >= 15 is 0 Å². The number of hydrogen-bond acceptors (Lipinski definition) is 15. The summed E-state index contributed by atoms with van der Waals surface area (Å²) >= 11 is 0. The minimum atomic E-state index is -1.85. The van der Waals surface area contributed by atoms with Crippen LogP contribution < -0.4 is 5.43 Å². The monoisotopic (exact) mass is 620 g/mol. The topological polar surface area (TPSA) is 246 Å². The summed E-state index contributed by atoms with van der Waals surface area (Å²) in [5.41, 5.74) is -1.10. The lowest BCUT2D eigenvalue weighted by molar-refractivity contribution is -0.338. The molecule has 3 heterocycles. The molecule has 8 N–H and O–H groups in total. The first-order chi connectivity index (χ1) is 20.8. The van der Waals surface area contributed by atoms with Gasteiger partial charge in [0.05, 0.1) is 18.3 Å². The van der Waals surface area contributed by atoms with Gasteiger partial charge in [-0.25, -0.2) is 0 Å². The van der Waals surface area contributed by atoms with Crippen LogP contribution in [-0.2, 0) is 23.7 Å². The number of hydrogen-bond donors (Lipinski definition) is 8. The van der Waals surface area contributed by atoms with Crippen molar-refractivity contribution in [2.45, 2.75) is 75.1 Å². The third-order valence-electron chi connectivity index (χ3n) is 7.68. The van der Waals surface area contributed by atoms with Crippen LogP contribution in [0.15, 0.2) is 45.6 Å². The first-order valence-corrected chi connectivity index (χ1v) is 13.6. The Kier molecular flexibility index (Phi) is 8.84. The normalized spacial score (nSPS) is 32.4. The number of fused-ring (bicyclic) bond motifs is 1. The lowest BCUT2D eigenvalue weighted by Gasteiger charge is -2.46. The van der Waals surface area contributed by atoms with Crippen LogP contribution in [0.1, 0.15) is 25.5 Å². The smallest absolute Gasteiger partial charge is 0.303 e. The molecule has 15 nitrogen and oxygen atoms in total. The van der Waals surface area contributed by atoms with Gasteiger partial charge in [0.25, 0.3) is 0 Å². The predicted octanol–water partition coefficient (Wildman–Crippen LogP) is -0.486. The zero-order chi connectivity index (χ0) is 32.0. The van der Waals surface area contributed by atoms with Gasteiger partial charge in [0.2, 0.25) is 0 Å². The molecule has 0 saturated carbocycles. The number of aliphatic hydroxyl groups is 5. The highest BCUT2D eigenvalue weighted by Crippen LogP contribution is 2.45. The van der Waals surface area contributed by atoms with E-state index in [2.05, 4.69) is 0 Å². The second kappa shape index (κ2) is 12.3. The molecule has 0 aliphatic carbocycles. The Hall–Kier alpha value is -3.80. The minimum absolute atomic E-state index is 0.0348. The molecule has 3 aromatic rings. The molecule has 10 unspecified atom stereocenters. The molecule has 2 aliphatic heterocycles. The highest BCUT2D eigenvalue weighted by molar-refractivity contribution is 5.89. The Morgan fingerprint density at radius 1 is 0.886 bits per heavy atom. The number of esters is 1. The number of phenolic OH excluding ortho intramolecular Hbond substituents is 3. The van der Waals surface area contributed by atoms with E-state index in [0.29, 0.717) is 5.56 Å². The molecular weight excluding hydrogens is 588 g/mol. The van der Waals surface area contributed by atoms with E-state index in [0.717, 1.165) is 19.1 Å². The van der Waals surface area contributed by atoms with Gasteiger partial charge >= 0.3 is 5.97 Å². The van der Waals surface area contributed by atoms with Gasteiger partial charge in [-0.2, -0.15) is 0 Å². The summed E-state index contributed by atoms with van der Waals surface area (Å²) in [6, 6.07) is 7.51. The number of rotatable bonds is 6. The summed E-state index contributed by atoms with van der Waals surface area (Å²) < 4.78 is 28.5. The zero-order valence-corrected chi connectivity index (χ0v) is 23.4. The molecule has 0 radical (unpaired) electrons. The zero-order valence-electron chi connectivity index (χ0n) is 23.4. The predicted molar refractivity (Wildman–Crippen MR) is 146 cm³/mol. The lowest BCUT2D eigenvalue weighted by atomic mass is 9.89. The van der Waals surface area contributed by atoms with E-state index in [-0.39, 0.29) is 28.0 Å². The summed E-state index contributed by atoms with van der Waals surface area (Å²) in [4.78, 5) is 25.3. The first-order valence-electron chi connectivity index (χ1n) is 13.6. The van der Waals surface area contributed by atoms with Crippen molar-refractivity contribution >= 4 is 16.9 Å². The second-order valence-corrected chi connectivity index (χ2v) is 10.7. The summed E-state index contributed by atoms with van der Waals surface area (Å²) in [5, 5.41) is 83.2. The molecule has 0 bridgehead atoms. The first kappa shape index (κ1) is 31.6. The number of benzene rings is 2. The second-order valence-electron chi connectivity index (χ2n) is 10.7. The van der Waals surface area contributed by atoms with Gasteiger partial charge in [0.15, 0.2) is 23.4 Å². The Labute approximate surface area is 248 Å². The molecule has 15 heteroatoms. The number of phenols is 3. The summed E-state index contributed by atoms with van der Waals surface area (Å²) in [5.74, 6) is -2.32. The number of carbonyl (C=O) groups is 1. The SMILES string of the molecule is CC(=O)OC1C(c2c(O)cc(O)c3c(=O)cc(-c4ccc(O)cc4)oc23)OC(CO)C(OC2OC(C)C(O)C(O)C2O)C1O. The van der Waals surface area contributed by atoms with Crippen molar-refractivity contribution in [2.24, 2.45) is 0 Å². The fraction of sp³-hybridized carbons (Fsp3) is 0.448. The van der Waals surface area contributed by atoms with Gasteiger partial charge in [0.1, 0.15) is 71.1 Å². The van der Waals surface area contributed by atoms with Gasteiger partial charge in [-0.15, -0.1) is 0 Å². The van der Waals surface area contributed by atoms with Gasteiger partial charge < -0.3 is 64.2 Å². The Morgan fingerprint density at radius 2 is 1.57 bits per heavy atom. The van der Waals surface area contributed by atoms with Crippen molar-refractivity contribution in [3.8, 4) is 28.6 Å². The van der Waals surface area contributed by atoms with Crippen LogP contribution in [0.4, 0.5) is 0 Å². The van der Waals surface area contributed by atoms with Gasteiger partial charge in [-0.3, -0.25) is 9.59 Å². The van der Waals surface area contributed by atoms with Crippen LogP contribution in [0.3, 0.4) is 0 Å². The number of aliphatic hydroxyl groups excluding tert-OH is 5. The molecule has 44 heavy (non-hydrogen) atoms. The van der Waals surface area contributed by atoms with Crippen molar-refractivity contribution in [3.63, 3.8) is 0 Å². The van der Waals surface area contributed by atoms with Crippen LogP contribution in [0.5, 0.6) is 17.2 Å². The molecule has 0 amide bonds. The maximum atomic E-state index is 13.2. The molecule has 0 spiro atoms. The van der Waals surface area contributed by atoms with Crippen molar-refractivity contribution in [3.05, 3.63) is 52.2 Å². The molecular formula is C29H32O15. The summed E-state index contributed by atoms with van der Waals surface area (Å²) in [6.07, 6.45) is -15.7. The van der Waals surface area contributed by atoms with Gasteiger partial charge in [0, 0.05) is 24.6 Å². The summed E-state index contributed by atoms with van der Waals surface area (Å²) in [6.45, 7) is 1.61. The largest absolute Gasteiger partial charge is 0.508 e. The Morgan fingerprint density at radius 3 is 2.20 bits per heavy atom. The standard InChI is InChI=1S/C29H32O15/c1-10-21(36)22(37)23(38)29(40-10)44-25-18(9-30)43-27(28(24(25)39)41-11(2)31)20-15(34)7-14(33)19-16(35)8-17(42-26(19)20)12-3-5-13(32)6-4-12/h3-8,10,18,21-25,27-30,32-34,36-39H,9H2,1-2H3. The van der Waals surface area contributed by atoms with Crippen molar-refractivity contribution in [2.75, 3.05) is 6.61 Å². The van der Waals surface area contributed by atoms with Gasteiger partial charge in [-0.1, -0.05) is 0 Å². The van der Waals surface area contributed by atoms with Crippen LogP contribution >= 0.6 is 0 Å². The van der Waals surface area contributed by atoms with Crippen LogP contribution in [0.25, 0.3) is 22.3 Å². The third kappa shape index (κ3) is 5.71. The number of ether oxygens (including phenoxy) is 4. The fourth-order valence-corrected chi connectivity index (χ4v) is 5.44. The lowest BCUT2D eigenvalue weighted by Crippen LogP contribution is -2.62. The molecule has 1 aromatic heterocycles. The Bertz CT molecular complexity index is 1570. The molecule has 238 valence electrons. The highest BCUT2D eigenvalue weighted by Gasteiger charge is 2.52. The average molecular weight is 621 g/mol. The Balaban J connectivity index is 1.60. The van der Waals surface area contributed by atoms with Crippen molar-refractivity contribution in [1.29, 1.82) is 0 Å². The van der Waals surface area contributed by atoms with Crippen molar-refractivity contribution < 1.29 is 69.0 Å². The van der Waals surface area contributed by atoms with Gasteiger partial charge in [-0.05, 0) is 31.2 Å². The highest BCUT2D eigenvalue weighted by atomic mass is 16.7. The molecule has 2 fully saturated rings. The van der Waals surface area contributed by atoms with Crippen molar-refractivity contribution in [1.82, 2.24) is 0 Å². The number of carbonyl (C=O) groups excluding carboxylic acids is 1. The van der Waals surface area contributed by atoms with E-state index in [1.807, 2.05) is 0 Å². The quantitative estimate of drug-likeness (QED) is 0.162. The van der Waals surface area contributed by atoms with E-state index in [9.17, 15) is 50.4 Å². The van der Waals surface area contributed by atoms with E-state index in [1.54, 1.807) is 0 Å². The molecule has 2 aromatic carbocycles. The molecule has 5 rings (SSSR count). The fourth-order valence-electron chi connectivity index (χ4n) is 5.44.